The van der Waals surface area contributed by atoms with Gasteiger partial charge in [-0.15, -0.1) is 0 Å². The second-order valence-electron chi connectivity index (χ2n) is 4.53. The molecule has 0 saturated heterocycles. The van der Waals surface area contributed by atoms with Crippen molar-refractivity contribution < 1.29 is 0 Å². The van der Waals surface area contributed by atoms with Gasteiger partial charge in [-0.3, -0.25) is 0 Å². The van der Waals surface area contributed by atoms with Gasteiger partial charge < -0.3 is 5.73 Å². The predicted molar refractivity (Wildman–Crippen MR) is 86.9 cm³/mol. The lowest BCUT2D eigenvalue weighted by atomic mass is 10.1. The van der Waals surface area contributed by atoms with E-state index < -0.39 is 0 Å². The minimum atomic E-state index is 0.820. The zero-order valence-electron chi connectivity index (χ0n) is 11.0. The molecule has 0 unspecified atom stereocenters. The molecule has 0 saturated carbocycles. The zero-order chi connectivity index (χ0) is 13.8. The molecule has 1 nitrogen and oxygen atoms in total. The Morgan fingerprint density at radius 1 is 0.650 bits per heavy atom. The standard InChI is InChI=1S/C18H15NS/c19-17-13-15(14-7-3-1-4-8-14)11-12-18(17)20-16-9-5-2-6-10-16/h1-13H,19H2. The SMILES string of the molecule is Nc1cc(-c2ccccc2)ccc1Sc1ccccc1. The molecule has 3 aromatic carbocycles. The fraction of sp³-hybridized carbons (Fsp3) is 0. The molecular weight excluding hydrogens is 262 g/mol. The van der Waals surface area contributed by atoms with Crippen molar-refractivity contribution in [2.75, 3.05) is 5.73 Å². The van der Waals surface area contributed by atoms with Gasteiger partial charge >= 0.3 is 0 Å². The first-order valence-electron chi connectivity index (χ1n) is 6.51. The summed E-state index contributed by atoms with van der Waals surface area (Å²) < 4.78 is 0. The van der Waals surface area contributed by atoms with Crippen LogP contribution in [0.2, 0.25) is 0 Å². The fourth-order valence-corrected chi connectivity index (χ4v) is 2.93. The molecule has 0 aliphatic carbocycles. The van der Waals surface area contributed by atoms with Gasteiger partial charge in [-0.05, 0) is 35.4 Å². The van der Waals surface area contributed by atoms with Crippen molar-refractivity contribution in [2.24, 2.45) is 0 Å². The van der Waals surface area contributed by atoms with E-state index in [0.717, 1.165) is 16.1 Å². The molecule has 20 heavy (non-hydrogen) atoms. The third-order valence-corrected chi connectivity index (χ3v) is 4.19. The number of benzene rings is 3. The Hall–Kier alpha value is -2.19. The molecule has 3 rings (SSSR count). The van der Waals surface area contributed by atoms with Gasteiger partial charge in [0.05, 0.1) is 0 Å². The molecule has 0 aliphatic rings. The molecule has 3 aromatic rings. The maximum Gasteiger partial charge on any atom is 0.0462 e. The van der Waals surface area contributed by atoms with Crippen molar-refractivity contribution in [3.05, 3.63) is 78.9 Å². The van der Waals surface area contributed by atoms with E-state index in [4.69, 9.17) is 5.73 Å². The van der Waals surface area contributed by atoms with Crippen molar-refractivity contribution in [1.82, 2.24) is 0 Å². The van der Waals surface area contributed by atoms with E-state index in [1.807, 2.05) is 42.5 Å². The highest BCUT2D eigenvalue weighted by atomic mass is 32.2. The Kier molecular flexibility index (Phi) is 3.75. The molecule has 0 fully saturated rings. The number of hydrogen-bond acceptors (Lipinski definition) is 2. The van der Waals surface area contributed by atoms with E-state index >= 15 is 0 Å². The van der Waals surface area contributed by atoms with Crippen LogP contribution in [0.4, 0.5) is 5.69 Å². The second-order valence-corrected chi connectivity index (χ2v) is 5.65. The van der Waals surface area contributed by atoms with Crippen LogP contribution in [-0.4, -0.2) is 0 Å². The summed E-state index contributed by atoms with van der Waals surface area (Å²) >= 11 is 1.69. The lowest BCUT2D eigenvalue weighted by molar-refractivity contribution is 1.41. The molecule has 0 radical (unpaired) electrons. The Labute approximate surface area is 123 Å². The summed E-state index contributed by atoms with van der Waals surface area (Å²) in [5, 5.41) is 0. The fourth-order valence-electron chi connectivity index (χ4n) is 2.07. The van der Waals surface area contributed by atoms with Crippen molar-refractivity contribution >= 4 is 17.4 Å². The van der Waals surface area contributed by atoms with Gasteiger partial charge in [-0.25, -0.2) is 0 Å². The number of hydrogen-bond donors (Lipinski definition) is 1. The van der Waals surface area contributed by atoms with E-state index in [0.29, 0.717) is 0 Å². The van der Waals surface area contributed by atoms with Gasteiger partial charge in [-0.1, -0.05) is 66.4 Å². The summed E-state index contributed by atoms with van der Waals surface area (Å²) in [5.74, 6) is 0. The molecule has 0 aliphatic heterocycles. The maximum absolute atomic E-state index is 6.19. The molecule has 2 N–H and O–H groups in total. The van der Waals surface area contributed by atoms with Crippen LogP contribution in [0.15, 0.2) is 88.7 Å². The molecule has 98 valence electrons. The average Bonchev–Trinajstić information content (AvgIpc) is 2.51. The van der Waals surface area contributed by atoms with Gasteiger partial charge in [0.1, 0.15) is 0 Å². The van der Waals surface area contributed by atoms with E-state index in [1.165, 1.54) is 10.5 Å². The van der Waals surface area contributed by atoms with Crippen LogP contribution in [0.5, 0.6) is 0 Å². The predicted octanol–water partition coefficient (Wildman–Crippen LogP) is 5.09. The number of anilines is 1. The molecule has 0 atom stereocenters. The average molecular weight is 277 g/mol. The number of rotatable bonds is 3. The highest BCUT2D eigenvalue weighted by Crippen LogP contribution is 2.34. The molecule has 0 aromatic heterocycles. The Balaban J connectivity index is 1.89. The Morgan fingerprint density at radius 3 is 1.95 bits per heavy atom. The lowest BCUT2D eigenvalue weighted by Gasteiger charge is -2.08. The topological polar surface area (TPSA) is 26.0 Å². The van der Waals surface area contributed by atoms with Crippen molar-refractivity contribution in [3.63, 3.8) is 0 Å². The van der Waals surface area contributed by atoms with E-state index in [-0.39, 0.29) is 0 Å². The molecular formula is C18H15NS. The first-order chi connectivity index (χ1) is 9.83. The third-order valence-electron chi connectivity index (χ3n) is 3.09. The third kappa shape index (κ3) is 2.86. The number of nitrogen functional groups attached to an aromatic ring is 1. The maximum atomic E-state index is 6.19. The van der Waals surface area contributed by atoms with Crippen LogP contribution in [0.1, 0.15) is 0 Å². The van der Waals surface area contributed by atoms with Crippen molar-refractivity contribution in [1.29, 1.82) is 0 Å². The molecule has 0 spiro atoms. The van der Waals surface area contributed by atoms with Crippen LogP contribution in [0.25, 0.3) is 11.1 Å². The van der Waals surface area contributed by atoms with Crippen LogP contribution in [-0.2, 0) is 0 Å². The monoisotopic (exact) mass is 277 g/mol. The second kappa shape index (κ2) is 5.85. The summed E-state index contributed by atoms with van der Waals surface area (Å²) in [6.07, 6.45) is 0. The smallest absolute Gasteiger partial charge is 0.0462 e. The molecule has 0 bridgehead atoms. The van der Waals surface area contributed by atoms with Crippen LogP contribution in [0.3, 0.4) is 0 Å². The van der Waals surface area contributed by atoms with Crippen molar-refractivity contribution in [2.45, 2.75) is 9.79 Å². The summed E-state index contributed by atoms with van der Waals surface area (Å²) in [6.45, 7) is 0. The first-order valence-corrected chi connectivity index (χ1v) is 7.32. The van der Waals surface area contributed by atoms with Gasteiger partial charge in [0.15, 0.2) is 0 Å². The highest BCUT2D eigenvalue weighted by molar-refractivity contribution is 7.99. The molecule has 2 heteroatoms. The van der Waals surface area contributed by atoms with E-state index in [1.54, 1.807) is 11.8 Å². The summed E-state index contributed by atoms with van der Waals surface area (Å²) in [6, 6.07) is 26.8. The largest absolute Gasteiger partial charge is 0.398 e. The summed E-state index contributed by atoms with van der Waals surface area (Å²) in [7, 11) is 0. The first kappa shape index (κ1) is 12.8. The Bertz CT molecular complexity index is 693. The summed E-state index contributed by atoms with van der Waals surface area (Å²) in [4.78, 5) is 2.29. The van der Waals surface area contributed by atoms with Gasteiger partial charge in [0.25, 0.3) is 0 Å². The van der Waals surface area contributed by atoms with Crippen molar-refractivity contribution in [3.8, 4) is 11.1 Å². The van der Waals surface area contributed by atoms with Crippen LogP contribution in [0, 0.1) is 0 Å². The van der Waals surface area contributed by atoms with Gasteiger partial charge in [0.2, 0.25) is 0 Å². The van der Waals surface area contributed by atoms with E-state index in [9.17, 15) is 0 Å². The lowest BCUT2D eigenvalue weighted by Crippen LogP contribution is -1.89. The minimum absolute atomic E-state index is 0.820. The highest BCUT2D eigenvalue weighted by Gasteiger charge is 2.04. The van der Waals surface area contributed by atoms with Crippen LogP contribution >= 0.6 is 11.8 Å². The molecule has 0 amide bonds. The quantitative estimate of drug-likeness (QED) is 0.675. The zero-order valence-corrected chi connectivity index (χ0v) is 11.8. The number of nitrogens with two attached hydrogens (primary N) is 1. The normalized spacial score (nSPS) is 10.4. The Morgan fingerprint density at radius 2 is 1.30 bits per heavy atom. The molecule has 0 heterocycles. The van der Waals surface area contributed by atoms with Gasteiger partial charge in [0, 0.05) is 15.5 Å². The van der Waals surface area contributed by atoms with E-state index in [2.05, 4.69) is 36.4 Å². The van der Waals surface area contributed by atoms with Crippen LogP contribution < -0.4 is 5.73 Å². The minimum Gasteiger partial charge on any atom is -0.398 e. The van der Waals surface area contributed by atoms with Gasteiger partial charge in [-0.2, -0.15) is 0 Å². The summed E-state index contributed by atoms with van der Waals surface area (Å²) in [5.41, 5.74) is 9.35.